The third-order valence-electron chi connectivity index (χ3n) is 5.53. The molecule has 0 heterocycles. The summed E-state index contributed by atoms with van der Waals surface area (Å²) in [6, 6.07) is 0. The van der Waals surface area contributed by atoms with E-state index in [1.165, 1.54) is 70.6 Å². The standard InChI is InChI=1S/C18H37N/c1-4-5-6-7-8-9-12-18(15-19)13-10-17(11-14-18)16(2)3/h16-17H,4-15,19H2,1-3H3. The van der Waals surface area contributed by atoms with E-state index < -0.39 is 0 Å². The predicted molar refractivity (Wildman–Crippen MR) is 86.3 cm³/mol. The van der Waals surface area contributed by atoms with Crippen LogP contribution in [0.25, 0.3) is 0 Å². The Hall–Kier alpha value is -0.0400. The molecule has 0 saturated heterocycles. The maximum Gasteiger partial charge on any atom is -0.00205 e. The largest absolute Gasteiger partial charge is 0.330 e. The maximum absolute atomic E-state index is 6.12. The van der Waals surface area contributed by atoms with Crippen molar-refractivity contribution >= 4 is 0 Å². The molecule has 0 aromatic heterocycles. The van der Waals surface area contributed by atoms with E-state index >= 15 is 0 Å². The Kier molecular flexibility index (Phi) is 8.06. The van der Waals surface area contributed by atoms with Gasteiger partial charge in [-0.05, 0) is 55.9 Å². The van der Waals surface area contributed by atoms with Crippen molar-refractivity contribution in [1.29, 1.82) is 0 Å². The highest BCUT2D eigenvalue weighted by atomic mass is 14.6. The molecule has 1 fully saturated rings. The molecule has 114 valence electrons. The molecule has 1 rings (SSSR count). The number of unbranched alkanes of at least 4 members (excludes halogenated alkanes) is 5. The molecule has 0 unspecified atom stereocenters. The van der Waals surface area contributed by atoms with Crippen molar-refractivity contribution in [2.24, 2.45) is 23.0 Å². The molecule has 19 heavy (non-hydrogen) atoms. The zero-order valence-electron chi connectivity index (χ0n) is 13.7. The Morgan fingerprint density at radius 3 is 2.11 bits per heavy atom. The van der Waals surface area contributed by atoms with Crippen LogP contribution in [0.2, 0.25) is 0 Å². The Labute approximate surface area is 121 Å². The first kappa shape index (κ1) is 17.0. The fourth-order valence-corrected chi connectivity index (χ4v) is 3.76. The van der Waals surface area contributed by atoms with E-state index in [1.807, 2.05) is 0 Å². The zero-order valence-corrected chi connectivity index (χ0v) is 13.7. The van der Waals surface area contributed by atoms with Crippen molar-refractivity contribution in [3.63, 3.8) is 0 Å². The first-order valence-electron chi connectivity index (χ1n) is 8.83. The maximum atomic E-state index is 6.12. The Morgan fingerprint density at radius 2 is 1.58 bits per heavy atom. The van der Waals surface area contributed by atoms with Crippen LogP contribution >= 0.6 is 0 Å². The highest BCUT2D eigenvalue weighted by Crippen LogP contribution is 2.44. The summed E-state index contributed by atoms with van der Waals surface area (Å²) < 4.78 is 0. The van der Waals surface area contributed by atoms with Crippen LogP contribution in [0.1, 0.15) is 91.4 Å². The fraction of sp³-hybridized carbons (Fsp3) is 1.00. The van der Waals surface area contributed by atoms with Crippen LogP contribution in [0.3, 0.4) is 0 Å². The summed E-state index contributed by atoms with van der Waals surface area (Å²) >= 11 is 0. The van der Waals surface area contributed by atoms with E-state index in [1.54, 1.807) is 0 Å². The third-order valence-corrected chi connectivity index (χ3v) is 5.53. The Balaban J connectivity index is 2.22. The zero-order chi connectivity index (χ0) is 14.1. The molecule has 1 aliphatic carbocycles. The summed E-state index contributed by atoms with van der Waals surface area (Å²) in [6.07, 6.45) is 15.5. The van der Waals surface area contributed by atoms with Gasteiger partial charge >= 0.3 is 0 Å². The normalized spacial score (nSPS) is 27.9. The summed E-state index contributed by atoms with van der Waals surface area (Å²) in [4.78, 5) is 0. The van der Waals surface area contributed by atoms with Gasteiger partial charge in [-0.15, -0.1) is 0 Å². The van der Waals surface area contributed by atoms with Gasteiger partial charge in [0.1, 0.15) is 0 Å². The first-order valence-corrected chi connectivity index (χ1v) is 8.83. The van der Waals surface area contributed by atoms with Gasteiger partial charge in [-0.1, -0.05) is 59.3 Å². The molecule has 0 aromatic carbocycles. The lowest BCUT2D eigenvalue weighted by molar-refractivity contribution is 0.119. The van der Waals surface area contributed by atoms with Gasteiger partial charge in [0.15, 0.2) is 0 Å². The van der Waals surface area contributed by atoms with Crippen molar-refractivity contribution in [1.82, 2.24) is 0 Å². The van der Waals surface area contributed by atoms with Gasteiger partial charge in [0.05, 0.1) is 0 Å². The van der Waals surface area contributed by atoms with Crippen LogP contribution in [-0.2, 0) is 0 Å². The summed E-state index contributed by atoms with van der Waals surface area (Å²) in [5.41, 5.74) is 6.63. The van der Waals surface area contributed by atoms with Gasteiger partial charge < -0.3 is 5.73 Å². The highest BCUT2D eigenvalue weighted by Gasteiger charge is 2.34. The van der Waals surface area contributed by atoms with Crippen LogP contribution < -0.4 is 5.73 Å². The van der Waals surface area contributed by atoms with Gasteiger partial charge in [-0.25, -0.2) is 0 Å². The molecule has 0 bridgehead atoms. The molecule has 0 aromatic rings. The SMILES string of the molecule is CCCCCCCCC1(CN)CCC(C(C)C)CC1. The van der Waals surface area contributed by atoms with E-state index in [0.29, 0.717) is 5.41 Å². The molecule has 0 radical (unpaired) electrons. The average molecular weight is 268 g/mol. The molecule has 1 heteroatoms. The second kappa shape index (κ2) is 9.00. The number of hydrogen-bond acceptors (Lipinski definition) is 1. The lowest BCUT2D eigenvalue weighted by atomic mass is 9.66. The number of nitrogens with two attached hydrogens (primary N) is 1. The molecular weight excluding hydrogens is 230 g/mol. The van der Waals surface area contributed by atoms with Crippen LogP contribution in [0, 0.1) is 17.3 Å². The number of hydrogen-bond donors (Lipinski definition) is 1. The Bertz CT molecular complexity index is 214. The second-order valence-electron chi connectivity index (χ2n) is 7.30. The quantitative estimate of drug-likeness (QED) is 0.546. The first-order chi connectivity index (χ1) is 9.13. The van der Waals surface area contributed by atoms with Gasteiger partial charge in [-0.2, -0.15) is 0 Å². The predicted octanol–water partition coefficient (Wildman–Crippen LogP) is 5.53. The van der Waals surface area contributed by atoms with Crippen molar-refractivity contribution in [2.75, 3.05) is 6.54 Å². The highest BCUT2D eigenvalue weighted by molar-refractivity contribution is 4.87. The second-order valence-corrected chi connectivity index (χ2v) is 7.30. The van der Waals surface area contributed by atoms with E-state index in [9.17, 15) is 0 Å². The molecular formula is C18H37N. The summed E-state index contributed by atoms with van der Waals surface area (Å²) in [5.74, 6) is 1.83. The van der Waals surface area contributed by atoms with Gasteiger partial charge in [-0.3, -0.25) is 0 Å². The lowest BCUT2D eigenvalue weighted by Crippen LogP contribution is -2.35. The van der Waals surface area contributed by atoms with E-state index in [-0.39, 0.29) is 0 Å². The minimum atomic E-state index is 0.510. The van der Waals surface area contributed by atoms with Crippen molar-refractivity contribution in [2.45, 2.75) is 91.4 Å². The van der Waals surface area contributed by atoms with Gasteiger partial charge in [0.2, 0.25) is 0 Å². The van der Waals surface area contributed by atoms with E-state index in [4.69, 9.17) is 5.73 Å². The van der Waals surface area contributed by atoms with Crippen LogP contribution in [0.15, 0.2) is 0 Å². The summed E-state index contributed by atoms with van der Waals surface area (Å²) in [6.45, 7) is 7.98. The van der Waals surface area contributed by atoms with E-state index in [0.717, 1.165) is 18.4 Å². The molecule has 1 nitrogen and oxygen atoms in total. The summed E-state index contributed by atoms with van der Waals surface area (Å²) in [5, 5.41) is 0. The molecule has 1 aliphatic rings. The molecule has 1 saturated carbocycles. The molecule has 2 N–H and O–H groups in total. The van der Waals surface area contributed by atoms with Crippen molar-refractivity contribution < 1.29 is 0 Å². The fourth-order valence-electron chi connectivity index (χ4n) is 3.76. The lowest BCUT2D eigenvalue weighted by Gasteiger charge is -2.41. The third kappa shape index (κ3) is 5.85. The van der Waals surface area contributed by atoms with Crippen LogP contribution in [0.5, 0.6) is 0 Å². The van der Waals surface area contributed by atoms with Crippen molar-refractivity contribution in [3.05, 3.63) is 0 Å². The molecule has 0 aliphatic heterocycles. The monoisotopic (exact) mass is 267 g/mol. The molecule has 0 amide bonds. The Morgan fingerprint density at radius 1 is 1.00 bits per heavy atom. The van der Waals surface area contributed by atoms with Crippen LogP contribution in [0.4, 0.5) is 0 Å². The van der Waals surface area contributed by atoms with Crippen molar-refractivity contribution in [3.8, 4) is 0 Å². The summed E-state index contributed by atoms with van der Waals surface area (Å²) in [7, 11) is 0. The van der Waals surface area contributed by atoms with E-state index in [2.05, 4.69) is 20.8 Å². The topological polar surface area (TPSA) is 26.0 Å². The van der Waals surface area contributed by atoms with Gasteiger partial charge in [0.25, 0.3) is 0 Å². The minimum Gasteiger partial charge on any atom is -0.330 e. The average Bonchev–Trinajstić information content (AvgIpc) is 2.43. The van der Waals surface area contributed by atoms with Gasteiger partial charge in [0, 0.05) is 0 Å². The minimum absolute atomic E-state index is 0.510. The van der Waals surface area contributed by atoms with Crippen LogP contribution in [-0.4, -0.2) is 6.54 Å². The number of rotatable bonds is 9. The smallest absolute Gasteiger partial charge is 0.00205 e. The molecule has 0 spiro atoms. The molecule has 0 atom stereocenters.